The quantitative estimate of drug-likeness (QED) is 0.778. The average molecular weight is 280 g/mol. The number of hydrogen-bond acceptors (Lipinski definition) is 3. The molecule has 0 aliphatic heterocycles. The second-order valence-corrected chi connectivity index (χ2v) is 6.22. The van der Waals surface area contributed by atoms with Crippen LogP contribution < -0.4 is 0 Å². The Labute approximate surface area is 106 Å². The average Bonchev–Trinajstić information content (AvgIpc) is 2.26. The van der Waals surface area contributed by atoms with Crippen LogP contribution in [0.2, 0.25) is 0 Å². The summed E-state index contributed by atoms with van der Waals surface area (Å²) < 4.78 is 35.8. The molecule has 0 saturated heterocycles. The van der Waals surface area contributed by atoms with Crippen LogP contribution in [0.15, 0.2) is 23.1 Å². The molecule has 0 bridgehead atoms. The Morgan fingerprint density at radius 1 is 1.29 bits per heavy atom. The zero-order chi connectivity index (χ0) is 13.1. The molecule has 1 rings (SSSR count). The summed E-state index contributed by atoms with van der Waals surface area (Å²) in [5.41, 5.74) is 0.343. The van der Waals surface area contributed by atoms with Crippen LogP contribution in [0, 0.1) is 5.82 Å². The molecule has 0 atom stereocenters. The molecule has 0 spiro atoms. The summed E-state index contributed by atoms with van der Waals surface area (Å²) in [6.07, 6.45) is 0. The van der Waals surface area contributed by atoms with Crippen LogP contribution in [0.3, 0.4) is 0 Å². The maximum absolute atomic E-state index is 13.5. The lowest BCUT2D eigenvalue weighted by atomic mass is 10.2. The van der Waals surface area contributed by atoms with Crippen LogP contribution in [0.25, 0.3) is 0 Å². The van der Waals surface area contributed by atoms with Gasteiger partial charge in [-0.3, -0.25) is 4.90 Å². The van der Waals surface area contributed by atoms with E-state index in [0.29, 0.717) is 12.1 Å². The van der Waals surface area contributed by atoms with Crippen molar-refractivity contribution >= 4 is 19.7 Å². The van der Waals surface area contributed by atoms with Gasteiger partial charge in [0.2, 0.25) is 0 Å². The molecule has 1 aromatic rings. The zero-order valence-corrected chi connectivity index (χ0v) is 11.4. The lowest BCUT2D eigenvalue weighted by Crippen LogP contribution is -2.22. The first kappa shape index (κ1) is 14.4. The molecule has 0 saturated carbocycles. The molecule has 1 aromatic carbocycles. The second-order valence-electron chi connectivity index (χ2n) is 3.65. The minimum absolute atomic E-state index is 0.0669. The summed E-state index contributed by atoms with van der Waals surface area (Å²) in [6.45, 7) is 5.84. The molecule has 3 nitrogen and oxygen atoms in total. The Morgan fingerprint density at radius 3 is 2.35 bits per heavy atom. The van der Waals surface area contributed by atoms with Gasteiger partial charge in [-0.15, -0.1) is 0 Å². The van der Waals surface area contributed by atoms with Gasteiger partial charge in [0.05, 0.1) is 4.90 Å². The van der Waals surface area contributed by atoms with Gasteiger partial charge in [-0.2, -0.15) is 0 Å². The van der Waals surface area contributed by atoms with E-state index >= 15 is 0 Å². The Bertz CT molecular complexity index is 486. The molecule has 0 fully saturated rings. The van der Waals surface area contributed by atoms with Gasteiger partial charge in [0, 0.05) is 22.8 Å². The van der Waals surface area contributed by atoms with Crippen LogP contribution in [0.5, 0.6) is 0 Å². The Morgan fingerprint density at radius 2 is 1.88 bits per heavy atom. The summed E-state index contributed by atoms with van der Waals surface area (Å²) in [5.74, 6) is -0.416. The van der Waals surface area contributed by atoms with Crippen molar-refractivity contribution in [2.24, 2.45) is 0 Å². The fourth-order valence-corrected chi connectivity index (χ4v) is 2.31. The first-order valence-corrected chi connectivity index (χ1v) is 7.64. The standard InChI is InChI=1S/C11H15ClFNO2S/c1-3-14(4-2)8-9-7-10(17(12,15)16)5-6-11(9)13/h5-7H,3-4,8H2,1-2H3. The number of hydrogen-bond donors (Lipinski definition) is 0. The summed E-state index contributed by atoms with van der Waals surface area (Å²) in [5, 5.41) is 0. The largest absolute Gasteiger partial charge is 0.300 e. The third-order valence-corrected chi connectivity index (χ3v) is 3.94. The summed E-state index contributed by atoms with van der Waals surface area (Å²) >= 11 is 0. The maximum Gasteiger partial charge on any atom is 0.261 e. The third-order valence-electron chi connectivity index (χ3n) is 2.59. The number of rotatable bonds is 5. The highest BCUT2D eigenvalue weighted by atomic mass is 35.7. The van der Waals surface area contributed by atoms with E-state index in [9.17, 15) is 12.8 Å². The van der Waals surface area contributed by atoms with Crippen molar-refractivity contribution in [1.82, 2.24) is 4.90 Å². The molecule has 6 heteroatoms. The van der Waals surface area contributed by atoms with Gasteiger partial charge in [0.15, 0.2) is 0 Å². The molecule has 96 valence electrons. The van der Waals surface area contributed by atoms with Gasteiger partial charge < -0.3 is 0 Å². The van der Waals surface area contributed by atoms with Crippen molar-refractivity contribution in [1.29, 1.82) is 0 Å². The molecule has 0 heterocycles. The van der Waals surface area contributed by atoms with Crippen LogP contribution in [0.4, 0.5) is 4.39 Å². The van der Waals surface area contributed by atoms with E-state index in [-0.39, 0.29) is 4.90 Å². The minimum Gasteiger partial charge on any atom is -0.300 e. The number of benzene rings is 1. The molecule has 0 aliphatic rings. The smallest absolute Gasteiger partial charge is 0.261 e. The van der Waals surface area contributed by atoms with E-state index in [4.69, 9.17) is 10.7 Å². The fourth-order valence-electron chi connectivity index (χ4n) is 1.51. The van der Waals surface area contributed by atoms with Gasteiger partial charge in [-0.05, 0) is 31.3 Å². The van der Waals surface area contributed by atoms with E-state index in [1.165, 1.54) is 12.1 Å². The monoisotopic (exact) mass is 279 g/mol. The predicted octanol–water partition coefficient (Wildman–Crippen LogP) is 2.60. The van der Waals surface area contributed by atoms with Crippen LogP contribution in [-0.2, 0) is 15.6 Å². The van der Waals surface area contributed by atoms with Gasteiger partial charge in [0.25, 0.3) is 9.05 Å². The van der Waals surface area contributed by atoms with Gasteiger partial charge >= 0.3 is 0 Å². The van der Waals surface area contributed by atoms with Crippen molar-refractivity contribution in [3.05, 3.63) is 29.6 Å². The molecule has 0 aromatic heterocycles. The number of halogens is 2. The predicted molar refractivity (Wildman–Crippen MR) is 66.1 cm³/mol. The zero-order valence-electron chi connectivity index (χ0n) is 9.78. The maximum atomic E-state index is 13.5. The van der Waals surface area contributed by atoms with Gasteiger partial charge in [-0.1, -0.05) is 13.8 Å². The van der Waals surface area contributed by atoms with E-state index < -0.39 is 14.9 Å². The molecular formula is C11H15ClFNO2S. The molecule has 0 radical (unpaired) electrons. The van der Waals surface area contributed by atoms with E-state index in [1.807, 2.05) is 18.7 Å². The van der Waals surface area contributed by atoms with E-state index in [0.717, 1.165) is 19.2 Å². The highest BCUT2D eigenvalue weighted by Gasteiger charge is 2.14. The summed E-state index contributed by atoms with van der Waals surface area (Å²) in [4.78, 5) is 1.92. The molecule has 17 heavy (non-hydrogen) atoms. The highest BCUT2D eigenvalue weighted by Crippen LogP contribution is 2.19. The van der Waals surface area contributed by atoms with Crippen molar-refractivity contribution in [3.8, 4) is 0 Å². The number of nitrogens with zero attached hydrogens (tertiary/aromatic N) is 1. The van der Waals surface area contributed by atoms with Gasteiger partial charge in [-0.25, -0.2) is 12.8 Å². The molecule has 0 amide bonds. The molecule has 0 unspecified atom stereocenters. The fraction of sp³-hybridized carbons (Fsp3) is 0.455. The topological polar surface area (TPSA) is 37.4 Å². The van der Waals surface area contributed by atoms with Crippen LogP contribution in [-0.4, -0.2) is 26.4 Å². The molecule has 0 aliphatic carbocycles. The van der Waals surface area contributed by atoms with Crippen molar-refractivity contribution < 1.29 is 12.8 Å². The van der Waals surface area contributed by atoms with Crippen molar-refractivity contribution in [2.45, 2.75) is 25.3 Å². The Balaban J connectivity index is 3.07. The van der Waals surface area contributed by atoms with Crippen LogP contribution >= 0.6 is 10.7 Å². The van der Waals surface area contributed by atoms with E-state index in [1.54, 1.807) is 0 Å². The minimum atomic E-state index is -3.80. The Hall–Kier alpha value is -0.650. The van der Waals surface area contributed by atoms with E-state index in [2.05, 4.69) is 0 Å². The SMILES string of the molecule is CCN(CC)Cc1cc(S(=O)(=O)Cl)ccc1F. The lowest BCUT2D eigenvalue weighted by molar-refractivity contribution is 0.291. The van der Waals surface area contributed by atoms with Crippen LogP contribution in [0.1, 0.15) is 19.4 Å². The first-order chi connectivity index (χ1) is 7.88. The van der Waals surface area contributed by atoms with Crippen molar-refractivity contribution in [3.63, 3.8) is 0 Å². The lowest BCUT2D eigenvalue weighted by Gasteiger charge is -2.18. The molecule has 0 N–H and O–H groups in total. The summed E-state index contributed by atoms with van der Waals surface area (Å²) in [6, 6.07) is 3.59. The highest BCUT2D eigenvalue weighted by molar-refractivity contribution is 8.13. The second kappa shape index (κ2) is 5.80. The summed E-state index contributed by atoms with van der Waals surface area (Å²) in [7, 11) is 1.42. The molecular weight excluding hydrogens is 265 g/mol. The first-order valence-electron chi connectivity index (χ1n) is 5.34. The normalized spacial score (nSPS) is 12.1. The van der Waals surface area contributed by atoms with Crippen molar-refractivity contribution in [2.75, 3.05) is 13.1 Å². The van der Waals surface area contributed by atoms with Gasteiger partial charge in [0.1, 0.15) is 5.82 Å². The Kier molecular flexibility index (Phi) is 4.91. The third kappa shape index (κ3) is 3.94.